The molecule has 0 aliphatic heterocycles. The molecule has 0 amide bonds. The van der Waals surface area contributed by atoms with Crippen LogP contribution in [0.4, 0.5) is 0 Å². The van der Waals surface area contributed by atoms with Gasteiger partial charge in [-0.2, -0.15) is 0 Å². The zero-order valence-corrected chi connectivity index (χ0v) is 22.4. The highest BCUT2D eigenvalue weighted by Crippen LogP contribution is 2.33. The second kappa shape index (κ2) is 12.2. The largest absolute Gasteiger partial charge is 0.423 e. The van der Waals surface area contributed by atoms with Crippen LogP contribution in [0.5, 0.6) is 11.5 Å². The highest BCUT2D eigenvalue weighted by Gasteiger charge is 2.23. The first-order valence-corrected chi connectivity index (χ1v) is 12.9. The van der Waals surface area contributed by atoms with Crippen LogP contribution in [0.2, 0.25) is 0 Å². The number of ether oxygens (including phenoxy) is 2. The molecule has 0 N–H and O–H groups in total. The first-order chi connectivity index (χ1) is 18.8. The lowest BCUT2D eigenvalue weighted by atomic mass is 9.78. The van der Waals surface area contributed by atoms with Gasteiger partial charge in [-0.15, -0.1) is 13.2 Å². The molecule has 4 aromatic carbocycles. The molecule has 0 heterocycles. The van der Waals surface area contributed by atoms with Gasteiger partial charge in [0.15, 0.2) is 0 Å². The Bertz CT molecular complexity index is 1330. The molecule has 4 aromatic rings. The summed E-state index contributed by atoms with van der Waals surface area (Å²) in [4.78, 5) is 25.1. The molecule has 0 saturated heterocycles. The Kier molecular flexibility index (Phi) is 8.57. The van der Waals surface area contributed by atoms with Crippen molar-refractivity contribution >= 4 is 11.9 Å². The lowest BCUT2D eigenvalue weighted by Gasteiger charge is -2.26. The van der Waals surface area contributed by atoms with E-state index in [9.17, 15) is 9.59 Å². The number of rotatable bonds is 10. The molecule has 39 heavy (non-hydrogen) atoms. The third kappa shape index (κ3) is 6.79. The van der Waals surface area contributed by atoms with Gasteiger partial charge in [0.05, 0.1) is 11.1 Å². The van der Waals surface area contributed by atoms with Crippen LogP contribution in [-0.4, -0.2) is 11.9 Å². The van der Waals surface area contributed by atoms with Crippen molar-refractivity contribution in [3.05, 3.63) is 156 Å². The second-order valence-corrected chi connectivity index (χ2v) is 9.83. The zero-order valence-electron chi connectivity index (χ0n) is 22.4. The number of allylic oxidation sites excluding steroid dienone is 2. The fourth-order valence-corrected chi connectivity index (χ4v) is 4.27. The Morgan fingerprint density at radius 1 is 0.590 bits per heavy atom. The van der Waals surface area contributed by atoms with Crippen LogP contribution < -0.4 is 9.47 Å². The average Bonchev–Trinajstić information content (AvgIpc) is 2.95. The van der Waals surface area contributed by atoms with Gasteiger partial charge in [0.1, 0.15) is 11.5 Å². The monoisotopic (exact) mass is 516 g/mol. The molecule has 0 unspecified atom stereocenters. The maximum absolute atomic E-state index is 12.5. The summed E-state index contributed by atoms with van der Waals surface area (Å²) in [6.45, 7) is 11.7. The van der Waals surface area contributed by atoms with E-state index in [0.717, 1.165) is 35.1 Å². The second-order valence-electron chi connectivity index (χ2n) is 9.83. The molecular weight excluding hydrogens is 484 g/mol. The molecule has 0 aromatic heterocycles. The molecule has 4 heteroatoms. The Labute approximate surface area is 230 Å². The van der Waals surface area contributed by atoms with E-state index in [4.69, 9.17) is 9.47 Å². The number of hydrogen-bond acceptors (Lipinski definition) is 4. The Hall–Kier alpha value is -4.70. The van der Waals surface area contributed by atoms with Crippen molar-refractivity contribution in [2.75, 3.05) is 0 Å². The maximum Gasteiger partial charge on any atom is 0.343 e. The Balaban J connectivity index is 1.39. The van der Waals surface area contributed by atoms with Gasteiger partial charge in [0, 0.05) is 5.41 Å². The van der Waals surface area contributed by atoms with Crippen molar-refractivity contribution in [2.24, 2.45) is 0 Å². The minimum absolute atomic E-state index is 0.326. The van der Waals surface area contributed by atoms with Crippen LogP contribution in [0, 0.1) is 0 Å². The topological polar surface area (TPSA) is 52.6 Å². The summed E-state index contributed by atoms with van der Waals surface area (Å²) in [5, 5.41) is 0. The maximum atomic E-state index is 12.5. The standard InChI is InChI=1S/C35H32O4/c1-5-7-25-9-13-27(14-10-25)33(36)38-31-21-17-29(18-22-31)35(3,4)30-19-23-32(24-20-30)39-34(37)28-15-11-26(8-6-2)12-16-28/h5-6,9-24H,1-2,7-8H2,3-4H3. The lowest BCUT2D eigenvalue weighted by molar-refractivity contribution is 0.0725. The number of hydrogen-bond donors (Lipinski definition) is 0. The highest BCUT2D eigenvalue weighted by molar-refractivity contribution is 5.91. The van der Waals surface area contributed by atoms with Gasteiger partial charge in [-0.3, -0.25) is 0 Å². The van der Waals surface area contributed by atoms with Gasteiger partial charge >= 0.3 is 11.9 Å². The summed E-state index contributed by atoms with van der Waals surface area (Å²) in [5.74, 6) is 0.166. The van der Waals surface area contributed by atoms with E-state index in [-0.39, 0.29) is 5.41 Å². The quantitative estimate of drug-likeness (QED) is 0.122. The number of carbonyl (C=O) groups is 2. The van der Waals surface area contributed by atoms with E-state index in [1.807, 2.05) is 60.7 Å². The molecule has 0 aliphatic rings. The molecule has 196 valence electrons. The molecule has 0 radical (unpaired) electrons. The molecule has 0 saturated carbocycles. The number of carbonyl (C=O) groups excluding carboxylic acids is 2. The smallest absolute Gasteiger partial charge is 0.343 e. The molecule has 0 fully saturated rings. The van der Waals surface area contributed by atoms with E-state index < -0.39 is 11.9 Å². The Morgan fingerprint density at radius 2 is 0.923 bits per heavy atom. The normalized spacial score (nSPS) is 10.9. The minimum atomic E-state index is -0.398. The van der Waals surface area contributed by atoms with E-state index in [1.54, 1.807) is 48.5 Å². The van der Waals surface area contributed by atoms with Gasteiger partial charge in [0.2, 0.25) is 0 Å². The summed E-state index contributed by atoms with van der Waals surface area (Å²) in [6.07, 6.45) is 5.16. The highest BCUT2D eigenvalue weighted by atomic mass is 16.5. The number of esters is 2. The van der Waals surface area contributed by atoms with Crippen molar-refractivity contribution in [2.45, 2.75) is 32.1 Å². The van der Waals surface area contributed by atoms with Gasteiger partial charge in [0.25, 0.3) is 0 Å². The third-order valence-electron chi connectivity index (χ3n) is 6.71. The first kappa shape index (κ1) is 27.3. The lowest BCUT2D eigenvalue weighted by Crippen LogP contribution is -2.19. The number of benzene rings is 4. The summed E-state index contributed by atoms with van der Waals surface area (Å²) < 4.78 is 11.1. The average molecular weight is 517 g/mol. The van der Waals surface area contributed by atoms with E-state index in [0.29, 0.717) is 22.6 Å². The van der Waals surface area contributed by atoms with Crippen molar-refractivity contribution in [1.82, 2.24) is 0 Å². The van der Waals surface area contributed by atoms with Crippen LogP contribution in [0.3, 0.4) is 0 Å². The fourth-order valence-electron chi connectivity index (χ4n) is 4.27. The van der Waals surface area contributed by atoms with Gasteiger partial charge < -0.3 is 9.47 Å². The summed E-state index contributed by atoms with van der Waals surface area (Å²) >= 11 is 0. The predicted molar refractivity (Wildman–Crippen MR) is 156 cm³/mol. The fraction of sp³-hybridized carbons (Fsp3) is 0.143. The molecule has 0 spiro atoms. The minimum Gasteiger partial charge on any atom is -0.423 e. The molecule has 0 bridgehead atoms. The summed E-state index contributed by atoms with van der Waals surface area (Å²) in [5.41, 5.74) is 4.96. The molecule has 0 aliphatic carbocycles. The zero-order chi connectivity index (χ0) is 27.8. The first-order valence-electron chi connectivity index (χ1n) is 12.9. The SMILES string of the molecule is C=CCc1ccc(C(=O)Oc2ccc(C(C)(C)c3ccc(OC(=O)c4ccc(CC=C)cc4)cc3)cc2)cc1. The van der Waals surface area contributed by atoms with Crippen LogP contribution in [0.15, 0.2) is 122 Å². The van der Waals surface area contributed by atoms with Crippen molar-refractivity contribution < 1.29 is 19.1 Å². The van der Waals surface area contributed by atoms with Gasteiger partial charge in [-0.25, -0.2) is 9.59 Å². The van der Waals surface area contributed by atoms with Crippen molar-refractivity contribution in [3.63, 3.8) is 0 Å². The van der Waals surface area contributed by atoms with Crippen molar-refractivity contribution in [3.8, 4) is 11.5 Å². The predicted octanol–water partition coefficient (Wildman–Crippen LogP) is 7.91. The Morgan fingerprint density at radius 3 is 1.23 bits per heavy atom. The molecule has 4 nitrogen and oxygen atoms in total. The van der Waals surface area contributed by atoms with Gasteiger partial charge in [-0.1, -0.05) is 74.5 Å². The van der Waals surface area contributed by atoms with Gasteiger partial charge in [-0.05, 0) is 83.6 Å². The van der Waals surface area contributed by atoms with E-state index >= 15 is 0 Å². The van der Waals surface area contributed by atoms with Crippen LogP contribution >= 0.6 is 0 Å². The third-order valence-corrected chi connectivity index (χ3v) is 6.71. The van der Waals surface area contributed by atoms with E-state index in [1.165, 1.54) is 0 Å². The van der Waals surface area contributed by atoms with Crippen molar-refractivity contribution in [1.29, 1.82) is 0 Å². The van der Waals surface area contributed by atoms with Crippen LogP contribution in [-0.2, 0) is 18.3 Å². The molecular formula is C35H32O4. The summed E-state index contributed by atoms with van der Waals surface area (Å²) in [7, 11) is 0. The summed E-state index contributed by atoms with van der Waals surface area (Å²) in [6, 6.07) is 29.7. The van der Waals surface area contributed by atoms with Crippen LogP contribution in [0.25, 0.3) is 0 Å². The molecule has 0 atom stereocenters. The van der Waals surface area contributed by atoms with Crippen LogP contribution in [0.1, 0.15) is 56.8 Å². The van der Waals surface area contributed by atoms with E-state index in [2.05, 4.69) is 27.0 Å². The molecule has 4 rings (SSSR count).